The van der Waals surface area contributed by atoms with Gasteiger partial charge >= 0.3 is 6.18 Å². The van der Waals surface area contributed by atoms with Gasteiger partial charge in [-0.25, -0.2) is 4.98 Å². The standard InChI is InChI=1S/C9H7ClF3N5/c1-18-4-5(2-15-18)16-7-6(9(11,12)13)3-14-8(10)17-7/h2-4H,1H3,(H,14,16,17). The first-order valence-corrected chi connectivity index (χ1v) is 5.09. The molecule has 2 rings (SSSR count). The summed E-state index contributed by atoms with van der Waals surface area (Å²) in [5.74, 6) is -0.407. The van der Waals surface area contributed by atoms with E-state index in [1.807, 2.05) is 0 Å². The van der Waals surface area contributed by atoms with Gasteiger partial charge in [-0.05, 0) is 11.6 Å². The minimum Gasteiger partial charge on any atom is -0.337 e. The number of hydrogen-bond acceptors (Lipinski definition) is 4. The Kier molecular flexibility index (Phi) is 3.12. The van der Waals surface area contributed by atoms with E-state index in [2.05, 4.69) is 20.4 Å². The molecule has 2 aromatic heterocycles. The molecule has 0 fully saturated rings. The molecule has 0 spiro atoms. The van der Waals surface area contributed by atoms with E-state index in [1.165, 1.54) is 17.1 Å². The minimum atomic E-state index is -4.56. The number of nitrogens with zero attached hydrogens (tertiary/aromatic N) is 4. The van der Waals surface area contributed by atoms with Crippen LogP contribution in [0.5, 0.6) is 0 Å². The highest BCUT2D eigenvalue weighted by atomic mass is 35.5. The molecule has 0 unspecified atom stereocenters. The zero-order valence-corrected chi connectivity index (χ0v) is 9.79. The second-order valence-corrected chi connectivity index (χ2v) is 3.76. The van der Waals surface area contributed by atoms with Gasteiger partial charge in [-0.2, -0.15) is 23.3 Å². The highest BCUT2D eigenvalue weighted by Crippen LogP contribution is 2.34. The van der Waals surface area contributed by atoms with Crippen molar-refractivity contribution in [1.29, 1.82) is 0 Å². The van der Waals surface area contributed by atoms with Crippen LogP contribution in [-0.4, -0.2) is 19.7 Å². The highest BCUT2D eigenvalue weighted by Gasteiger charge is 2.35. The van der Waals surface area contributed by atoms with Gasteiger partial charge in [0.1, 0.15) is 11.4 Å². The molecule has 9 heteroatoms. The first-order valence-electron chi connectivity index (χ1n) is 4.71. The monoisotopic (exact) mass is 277 g/mol. The minimum absolute atomic E-state index is 0.269. The molecular formula is C9H7ClF3N5. The number of halogens is 4. The molecule has 0 amide bonds. The van der Waals surface area contributed by atoms with E-state index in [9.17, 15) is 13.2 Å². The van der Waals surface area contributed by atoms with Crippen LogP contribution < -0.4 is 5.32 Å². The molecule has 0 radical (unpaired) electrons. The van der Waals surface area contributed by atoms with E-state index in [1.54, 1.807) is 7.05 Å². The first kappa shape index (κ1) is 12.6. The largest absolute Gasteiger partial charge is 0.421 e. The lowest BCUT2D eigenvalue weighted by molar-refractivity contribution is -0.137. The van der Waals surface area contributed by atoms with Crippen LogP contribution in [0.4, 0.5) is 24.7 Å². The van der Waals surface area contributed by atoms with Gasteiger partial charge in [0.15, 0.2) is 0 Å². The van der Waals surface area contributed by atoms with Crippen LogP contribution in [0.1, 0.15) is 5.56 Å². The maximum atomic E-state index is 12.7. The smallest absolute Gasteiger partial charge is 0.337 e. The normalized spacial score (nSPS) is 11.6. The quantitative estimate of drug-likeness (QED) is 0.858. The zero-order valence-electron chi connectivity index (χ0n) is 9.03. The Bertz CT molecular complexity index is 566. The third-order valence-electron chi connectivity index (χ3n) is 2.03. The fourth-order valence-electron chi connectivity index (χ4n) is 1.29. The fourth-order valence-corrected chi connectivity index (χ4v) is 1.42. The van der Waals surface area contributed by atoms with Gasteiger partial charge in [-0.1, -0.05) is 0 Å². The topological polar surface area (TPSA) is 55.6 Å². The van der Waals surface area contributed by atoms with E-state index in [4.69, 9.17) is 11.6 Å². The van der Waals surface area contributed by atoms with Crippen molar-refractivity contribution in [1.82, 2.24) is 19.7 Å². The number of hydrogen-bond donors (Lipinski definition) is 1. The Morgan fingerprint density at radius 3 is 2.61 bits per heavy atom. The lowest BCUT2D eigenvalue weighted by Crippen LogP contribution is -2.11. The molecule has 0 bridgehead atoms. The van der Waals surface area contributed by atoms with Gasteiger partial charge in [-0.15, -0.1) is 0 Å². The van der Waals surface area contributed by atoms with E-state index >= 15 is 0 Å². The van der Waals surface area contributed by atoms with E-state index in [0.29, 0.717) is 11.9 Å². The molecule has 5 nitrogen and oxygen atoms in total. The number of nitrogens with one attached hydrogen (secondary N) is 1. The molecule has 2 aromatic rings. The number of rotatable bonds is 2. The summed E-state index contributed by atoms with van der Waals surface area (Å²) in [6.07, 6.45) is -1.05. The Labute approximate surface area is 105 Å². The zero-order chi connectivity index (χ0) is 13.3. The van der Waals surface area contributed by atoms with Crippen molar-refractivity contribution in [3.8, 4) is 0 Å². The van der Waals surface area contributed by atoms with Crippen LogP contribution in [0, 0.1) is 0 Å². The van der Waals surface area contributed by atoms with Crippen LogP contribution in [0.25, 0.3) is 0 Å². The SMILES string of the molecule is Cn1cc(Nc2nc(Cl)ncc2C(F)(F)F)cn1. The van der Waals surface area contributed by atoms with Crippen molar-refractivity contribution in [3.05, 3.63) is 29.4 Å². The van der Waals surface area contributed by atoms with Crippen molar-refractivity contribution in [2.45, 2.75) is 6.18 Å². The van der Waals surface area contributed by atoms with E-state index < -0.39 is 17.6 Å². The Morgan fingerprint density at radius 2 is 2.06 bits per heavy atom. The number of alkyl halides is 3. The average molecular weight is 278 g/mol. The maximum Gasteiger partial charge on any atom is 0.421 e. The summed E-state index contributed by atoms with van der Waals surface area (Å²) in [6, 6.07) is 0. The van der Waals surface area contributed by atoms with Gasteiger partial charge < -0.3 is 5.32 Å². The predicted octanol–water partition coefficient (Wildman–Crippen LogP) is 2.63. The van der Waals surface area contributed by atoms with Gasteiger partial charge in [0.2, 0.25) is 5.28 Å². The van der Waals surface area contributed by atoms with Crippen molar-refractivity contribution >= 4 is 23.1 Å². The third kappa shape index (κ3) is 2.70. The molecule has 0 atom stereocenters. The molecule has 0 aliphatic rings. The second-order valence-electron chi connectivity index (χ2n) is 3.43. The van der Waals surface area contributed by atoms with E-state index in [-0.39, 0.29) is 5.28 Å². The molecule has 18 heavy (non-hydrogen) atoms. The third-order valence-corrected chi connectivity index (χ3v) is 2.21. The molecule has 2 heterocycles. The Balaban J connectivity index is 2.39. The number of aromatic nitrogens is 4. The molecule has 96 valence electrons. The van der Waals surface area contributed by atoms with Crippen LogP contribution in [0.2, 0.25) is 5.28 Å². The molecule has 0 aliphatic carbocycles. The summed E-state index contributed by atoms with van der Waals surface area (Å²) in [6.45, 7) is 0. The Morgan fingerprint density at radius 1 is 1.33 bits per heavy atom. The highest BCUT2D eigenvalue weighted by molar-refractivity contribution is 6.28. The predicted molar refractivity (Wildman–Crippen MR) is 58.5 cm³/mol. The van der Waals surface area contributed by atoms with Gasteiger partial charge in [0.05, 0.1) is 11.9 Å². The summed E-state index contributed by atoms with van der Waals surface area (Å²) in [4.78, 5) is 6.86. The molecule has 0 saturated carbocycles. The van der Waals surface area contributed by atoms with Crippen LogP contribution in [0.15, 0.2) is 18.6 Å². The molecule has 0 saturated heterocycles. The molecule has 1 N–H and O–H groups in total. The van der Waals surface area contributed by atoms with Crippen LogP contribution >= 0.6 is 11.6 Å². The fraction of sp³-hybridized carbons (Fsp3) is 0.222. The number of aryl methyl sites for hydroxylation is 1. The summed E-state index contributed by atoms with van der Waals surface area (Å²) < 4.78 is 39.6. The summed E-state index contributed by atoms with van der Waals surface area (Å²) >= 11 is 5.49. The Hall–Kier alpha value is -1.83. The van der Waals surface area contributed by atoms with Crippen molar-refractivity contribution in [2.75, 3.05) is 5.32 Å². The van der Waals surface area contributed by atoms with Gasteiger partial charge in [0, 0.05) is 19.4 Å². The molecule has 0 aliphatic heterocycles. The van der Waals surface area contributed by atoms with Gasteiger partial charge in [0.25, 0.3) is 0 Å². The second kappa shape index (κ2) is 4.45. The van der Waals surface area contributed by atoms with Crippen LogP contribution in [0.3, 0.4) is 0 Å². The van der Waals surface area contributed by atoms with Crippen molar-refractivity contribution < 1.29 is 13.2 Å². The molecule has 0 aromatic carbocycles. The van der Waals surface area contributed by atoms with E-state index in [0.717, 1.165) is 0 Å². The summed E-state index contributed by atoms with van der Waals surface area (Å²) in [5, 5.41) is 6.06. The van der Waals surface area contributed by atoms with Crippen molar-refractivity contribution in [2.24, 2.45) is 7.05 Å². The summed E-state index contributed by atoms with van der Waals surface area (Å²) in [5.41, 5.74) is -0.617. The average Bonchev–Trinajstić information content (AvgIpc) is 2.62. The lowest BCUT2D eigenvalue weighted by atomic mass is 10.3. The summed E-state index contributed by atoms with van der Waals surface area (Å²) in [7, 11) is 1.64. The number of anilines is 2. The van der Waals surface area contributed by atoms with Gasteiger partial charge in [-0.3, -0.25) is 4.68 Å². The first-order chi connectivity index (χ1) is 8.36. The lowest BCUT2D eigenvalue weighted by Gasteiger charge is -2.11. The molecular weight excluding hydrogens is 271 g/mol. The van der Waals surface area contributed by atoms with Crippen LogP contribution in [-0.2, 0) is 13.2 Å². The maximum absolute atomic E-state index is 12.7. The van der Waals surface area contributed by atoms with Crippen molar-refractivity contribution in [3.63, 3.8) is 0 Å².